The van der Waals surface area contributed by atoms with Crippen molar-refractivity contribution in [1.29, 1.82) is 0 Å². The molecule has 1 aromatic rings. The van der Waals surface area contributed by atoms with E-state index in [1.807, 2.05) is 0 Å². The van der Waals surface area contributed by atoms with Gasteiger partial charge in [-0.15, -0.1) is 0 Å². The van der Waals surface area contributed by atoms with Gasteiger partial charge in [0.15, 0.2) is 11.6 Å². The lowest BCUT2D eigenvalue weighted by Crippen LogP contribution is -2.46. The van der Waals surface area contributed by atoms with E-state index in [2.05, 4.69) is 4.98 Å². The SMILES string of the molecule is CN(CC1(O)CCOCC1)c1nccc(C(=O)O)c1F. The maximum atomic E-state index is 14.1. The largest absolute Gasteiger partial charge is 0.478 e. The zero-order chi connectivity index (χ0) is 14.8. The van der Waals surface area contributed by atoms with Gasteiger partial charge in [-0.05, 0) is 6.07 Å². The van der Waals surface area contributed by atoms with E-state index in [-0.39, 0.29) is 12.4 Å². The van der Waals surface area contributed by atoms with Gasteiger partial charge < -0.3 is 19.8 Å². The standard InChI is InChI=1S/C13H17FN2O4/c1-16(8-13(19)3-6-20-7-4-13)11-10(14)9(12(17)18)2-5-15-11/h2,5,19H,3-4,6-8H2,1H3,(H,17,18). The first-order valence-corrected chi connectivity index (χ1v) is 6.32. The molecular weight excluding hydrogens is 267 g/mol. The lowest BCUT2D eigenvalue weighted by atomic mass is 9.94. The van der Waals surface area contributed by atoms with E-state index in [1.54, 1.807) is 7.05 Å². The van der Waals surface area contributed by atoms with Crippen molar-refractivity contribution in [3.05, 3.63) is 23.6 Å². The second-order valence-electron chi connectivity index (χ2n) is 4.99. The van der Waals surface area contributed by atoms with Crippen molar-refractivity contribution in [1.82, 2.24) is 4.98 Å². The molecule has 1 aliphatic rings. The minimum absolute atomic E-state index is 0.0789. The molecular formula is C13H17FN2O4. The van der Waals surface area contributed by atoms with E-state index in [1.165, 1.54) is 11.1 Å². The predicted molar refractivity (Wildman–Crippen MR) is 69.4 cm³/mol. The average Bonchev–Trinajstić information content (AvgIpc) is 2.38. The van der Waals surface area contributed by atoms with E-state index >= 15 is 0 Å². The van der Waals surface area contributed by atoms with Gasteiger partial charge in [0.1, 0.15) is 5.56 Å². The Morgan fingerprint density at radius 2 is 2.20 bits per heavy atom. The van der Waals surface area contributed by atoms with Crippen LogP contribution < -0.4 is 4.90 Å². The van der Waals surface area contributed by atoms with Gasteiger partial charge in [0, 0.05) is 45.8 Å². The highest BCUT2D eigenvalue weighted by atomic mass is 19.1. The monoisotopic (exact) mass is 284 g/mol. The molecule has 2 N–H and O–H groups in total. The van der Waals surface area contributed by atoms with Crippen molar-refractivity contribution in [2.75, 3.05) is 31.7 Å². The fraction of sp³-hybridized carbons (Fsp3) is 0.538. The molecule has 0 aliphatic carbocycles. The number of ether oxygens (including phenoxy) is 1. The number of halogens is 1. The smallest absolute Gasteiger partial charge is 0.338 e. The number of carbonyl (C=O) groups is 1. The van der Waals surface area contributed by atoms with Gasteiger partial charge in [-0.3, -0.25) is 0 Å². The Balaban J connectivity index is 2.18. The number of pyridine rings is 1. The van der Waals surface area contributed by atoms with Gasteiger partial charge >= 0.3 is 5.97 Å². The van der Waals surface area contributed by atoms with Crippen molar-refractivity contribution in [3.8, 4) is 0 Å². The van der Waals surface area contributed by atoms with Crippen LogP contribution in [0.5, 0.6) is 0 Å². The maximum absolute atomic E-state index is 14.1. The van der Waals surface area contributed by atoms with Crippen LogP contribution in [0.1, 0.15) is 23.2 Å². The van der Waals surface area contributed by atoms with E-state index in [0.29, 0.717) is 26.1 Å². The summed E-state index contributed by atoms with van der Waals surface area (Å²) in [5, 5.41) is 19.3. The molecule has 2 heterocycles. The first kappa shape index (κ1) is 14.7. The van der Waals surface area contributed by atoms with Crippen LogP contribution in [-0.2, 0) is 4.74 Å². The van der Waals surface area contributed by atoms with Crippen LogP contribution in [0.4, 0.5) is 10.2 Å². The zero-order valence-electron chi connectivity index (χ0n) is 11.2. The summed E-state index contributed by atoms with van der Waals surface area (Å²) in [5.74, 6) is -2.31. The van der Waals surface area contributed by atoms with E-state index < -0.39 is 23.0 Å². The summed E-state index contributed by atoms with van der Waals surface area (Å²) in [7, 11) is 1.57. The van der Waals surface area contributed by atoms with Crippen LogP contribution in [0.3, 0.4) is 0 Å². The minimum Gasteiger partial charge on any atom is -0.478 e. The summed E-state index contributed by atoms with van der Waals surface area (Å²) >= 11 is 0. The Hall–Kier alpha value is -1.73. The van der Waals surface area contributed by atoms with E-state index in [4.69, 9.17) is 9.84 Å². The normalized spacial score (nSPS) is 17.8. The number of aromatic carboxylic acids is 1. The predicted octanol–water partition coefficient (Wildman–Crippen LogP) is 0.897. The Labute approximate surface area is 115 Å². The number of hydrogen-bond acceptors (Lipinski definition) is 5. The van der Waals surface area contributed by atoms with Crippen LogP contribution >= 0.6 is 0 Å². The van der Waals surface area contributed by atoms with Crippen molar-refractivity contribution in [2.45, 2.75) is 18.4 Å². The topological polar surface area (TPSA) is 82.9 Å². The molecule has 1 fully saturated rings. The number of nitrogens with zero attached hydrogens (tertiary/aromatic N) is 2. The Kier molecular flexibility index (Phi) is 4.20. The summed E-state index contributed by atoms with van der Waals surface area (Å²) in [6, 6.07) is 1.11. The molecule has 0 amide bonds. The maximum Gasteiger partial charge on any atom is 0.338 e. The first-order valence-electron chi connectivity index (χ1n) is 6.32. The summed E-state index contributed by atoms with van der Waals surface area (Å²) in [6.45, 7) is 1.08. The number of hydrogen-bond donors (Lipinski definition) is 2. The molecule has 0 spiro atoms. The van der Waals surface area contributed by atoms with E-state index in [0.717, 1.165) is 6.07 Å². The molecule has 2 rings (SSSR count). The quantitative estimate of drug-likeness (QED) is 0.854. The number of aliphatic hydroxyl groups is 1. The molecule has 1 aromatic heterocycles. The van der Waals surface area contributed by atoms with Crippen molar-refractivity contribution in [3.63, 3.8) is 0 Å². The molecule has 0 bridgehead atoms. The third-order valence-corrected chi connectivity index (χ3v) is 3.42. The zero-order valence-corrected chi connectivity index (χ0v) is 11.2. The van der Waals surface area contributed by atoms with Gasteiger partial charge in [0.2, 0.25) is 0 Å². The van der Waals surface area contributed by atoms with Crippen molar-refractivity contribution < 1.29 is 24.1 Å². The van der Waals surface area contributed by atoms with Gasteiger partial charge in [-0.25, -0.2) is 14.2 Å². The molecule has 7 heteroatoms. The van der Waals surface area contributed by atoms with Gasteiger partial charge in [0.25, 0.3) is 0 Å². The Morgan fingerprint density at radius 3 is 2.80 bits per heavy atom. The number of carboxylic acids is 1. The molecule has 0 radical (unpaired) electrons. The third kappa shape index (κ3) is 3.05. The Bertz CT molecular complexity index is 503. The summed E-state index contributed by atoms with van der Waals surface area (Å²) < 4.78 is 19.2. The molecule has 0 atom stereocenters. The number of carboxylic acid groups (broad SMARTS) is 1. The highest BCUT2D eigenvalue weighted by Gasteiger charge is 2.32. The Morgan fingerprint density at radius 1 is 1.55 bits per heavy atom. The lowest BCUT2D eigenvalue weighted by molar-refractivity contribution is -0.0573. The number of likely N-dealkylation sites (N-methyl/N-ethyl adjacent to an activating group) is 1. The summed E-state index contributed by atoms with van der Waals surface area (Å²) in [6.07, 6.45) is 2.15. The van der Waals surface area contributed by atoms with Crippen LogP contribution in [0.2, 0.25) is 0 Å². The second-order valence-corrected chi connectivity index (χ2v) is 4.99. The van der Waals surface area contributed by atoms with Crippen LogP contribution in [0.25, 0.3) is 0 Å². The molecule has 20 heavy (non-hydrogen) atoms. The van der Waals surface area contributed by atoms with Gasteiger partial charge in [-0.1, -0.05) is 0 Å². The molecule has 0 saturated carbocycles. The second kappa shape index (κ2) is 5.72. The average molecular weight is 284 g/mol. The summed E-state index contributed by atoms with van der Waals surface area (Å²) in [4.78, 5) is 16.2. The summed E-state index contributed by atoms with van der Waals surface area (Å²) in [5.41, 5.74) is -1.40. The molecule has 1 aliphatic heterocycles. The first-order chi connectivity index (χ1) is 9.43. The lowest BCUT2D eigenvalue weighted by Gasteiger charge is -2.35. The molecule has 110 valence electrons. The molecule has 0 aromatic carbocycles. The van der Waals surface area contributed by atoms with E-state index in [9.17, 15) is 14.3 Å². The number of rotatable bonds is 4. The number of aromatic nitrogens is 1. The van der Waals surface area contributed by atoms with Crippen molar-refractivity contribution in [2.24, 2.45) is 0 Å². The van der Waals surface area contributed by atoms with Crippen molar-refractivity contribution >= 4 is 11.8 Å². The molecule has 6 nitrogen and oxygen atoms in total. The van der Waals surface area contributed by atoms with Crippen LogP contribution in [-0.4, -0.2) is 53.6 Å². The third-order valence-electron chi connectivity index (χ3n) is 3.42. The van der Waals surface area contributed by atoms with Crippen LogP contribution in [0.15, 0.2) is 12.3 Å². The number of anilines is 1. The fourth-order valence-electron chi connectivity index (χ4n) is 2.29. The highest BCUT2D eigenvalue weighted by molar-refractivity contribution is 5.88. The highest BCUT2D eigenvalue weighted by Crippen LogP contribution is 2.25. The minimum atomic E-state index is -1.34. The fourth-order valence-corrected chi connectivity index (χ4v) is 2.29. The van der Waals surface area contributed by atoms with Gasteiger partial charge in [0.05, 0.1) is 5.60 Å². The van der Waals surface area contributed by atoms with Gasteiger partial charge in [-0.2, -0.15) is 0 Å². The molecule has 0 unspecified atom stereocenters. The molecule has 1 saturated heterocycles. The van der Waals surface area contributed by atoms with Crippen LogP contribution in [0, 0.1) is 5.82 Å².